The monoisotopic (exact) mass is 1290 g/mol. The smallest absolute Gasteiger partial charge is 0.306 e. The first-order valence-electron chi connectivity index (χ1n) is 38.2. The number of carbonyl (C=O) groups excluding carboxylic acids is 2. The van der Waals surface area contributed by atoms with Crippen molar-refractivity contribution < 1.29 is 49.3 Å². The standard InChI is InChI=1S/C81H141NO10/c1-4-7-10-13-16-19-22-25-27-29-31-33-35-37-38-39-41-43-45-47-49-51-54-57-60-63-66-69-76(86)92-79-78(88)77(87)75(70-83)91-81(79)90-71-72(73(84)67-64-61-58-55-52-24-21-18-15-12-9-6-3)82-80(89)74(85)68-65-62-59-56-53-50-48-46-44-42-40-36-34-32-30-28-26-23-20-17-14-11-8-5-2/h8,11,16-17,19-20,25-28,31-34,40,42,64,67,72-75,77-79,81,83-85,87-88H,4-7,9-10,12-15,18,21-24,29-30,35-39,41,43-63,65-66,68-71H2,1-3H3,(H,82,89)/b11-8-,19-16-,20-17-,27-25-,28-26-,33-31-,34-32-,42-40-,67-64+. The number of amides is 1. The van der Waals surface area contributed by atoms with E-state index in [1.54, 1.807) is 6.08 Å². The van der Waals surface area contributed by atoms with Crippen molar-refractivity contribution in [1.29, 1.82) is 0 Å². The van der Waals surface area contributed by atoms with Gasteiger partial charge in [-0.25, -0.2) is 0 Å². The maximum absolute atomic E-state index is 13.5. The Hall–Kier alpha value is -3.68. The zero-order chi connectivity index (χ0) is 66.7. The normalized spacial score (nSPS) is 18.5. The molecule has 1 fully saturated rings. The van der Waals surface area contributed by atoms with E-state index in [1.165, 1.54) is 167 Å². The van der Waals surface area contributed by atoms with Crippen LogP contribution in [-0.4, -0.2) is 99.6 Å². The van der Waals surface area contributed by atoms with Crippen molar-refractivity contribution in [3.8, 4) is 0 Å². The quantitative estimate of drug-likeness (QED) is 0.0195. The number of carbonyl (C=O) groups is 2. The molecule has 0 aliphatic carbocycles. The SMILES string of the molecule is CC/C=C\C/C=C\C/C=C\C/C=C\C/C=C\CCCCCCCCCCC(O)C(=O)NC(COC1OC(CO)C(O)C(O)C1OC(=O)CCCCCCCCCCCCCCCC/C=C\C/C=C\C/C=C\CCCCC)C(O)/C=C/CCCCCCCCCCCC. The topological polar surface area (TPSA) is 175 Å². The Bertz CT molecular complexity index is 1920. The average molecular weight is 1290 g/mol. The minimum absolute atomic E-state index is 0.118. The predicted octanol–water partition coefficient (Wildman–Crippen LogP) is 20.4. The number of nitrogens with one attached hydrogen (secondary N) is 1. The zero-order valence-electron chi connectivity index (χ0n) is 59.1. The van der Waals surface area contributed by atoms with Crippen molar-refractivity contribution in [3.63, 3.8) is 0 Å². The van der Waals surface area contributed by atoms with E-state index in [0.29, 0.717) is 12.8 Å². The van der Waals surface area contributed by atoms with E-state index < -0.39 is 67.4 Å². The van der Waals surface area contributed by atoms with E-state index in [4.69, 9.17) is 14.2 Å². The molecule has 0 radical (unpaired) electrons. The first kappa shape index (κ1) is 86.3. The average Bonchev–Trinajstić information content (AvgIpc) is 0.928. The zero-order valence-corrected chi connectivity index (χ0v) is 59.1. The lowest BCUT2D eigenvalue weighted by Gasteiger charge is -2.41. The van der Waals surface area contributed by atoms with Gasteiger partial charge in [0.15, 0.2) is 12.4 Å². The number of hydrogen-bond donors (Lipinski definition) is 6. The molecule has 0 aromatic carbocycles. The molecule has 8 unspecified atom stereocenters. The van der Waals surface area contributed by atoms with Crippen molar-refractivity contribution in [2.45, 2.75) is 378 Å². The largest absolute Gasteiger partial charge is 0.454 e. The lowest BCUT2D eigenvalue weighted by Crippen LogP contribution is -2.61. The van der Waals surface area contributed by atoms with Crippen LogP contribution in [0.5, 0.6) is 0 Å². The summed E-state index contributed by atoms with van der Waals surface area (Å²) < 4.78 is 17.7. The summed E-state index contributed by atoms with van der Waals surface area (Å²) in [6.45, 7) is 5.68. The van der Waals surface area contributed by atoms with Gasteiger partial charge in [-0.05, 0) is 109 Å². The van der Waals surface area contributed by atoms with Crippen LogP contribution in [0.15, 0.2) is 109 Å². The Morgan fingerprint density at radius 1 is 0.435 bits per heavy atom. The summed E-state index contributed by atoms with van der Waals surface area (Å²) in [4.78, 5) is 26.8. The molecule has 0 spiro atoms. The highest BCUT2D eigenvalue weighted by Gasteiger charge is 2.47. The van der Waals surface area contributed by atoms with E-state index >= 15 is 0 Å². The molecule has 6 N–H and O–H groups in total. The predicted molar refractivity (Wildman–Crippen MR) is 388 cm³/mol. The third-order valence-electron chi connectivity index (χ3n) is 17.4. The van der Waals surface area contributed by atoms with Crippen LogP contribution in [0.25, 0.3) is 0 Å². The van der Waals surface area contributed by atoms with Crippen LogP contribution in [0.3, 0.4) is 0 Å². The maximum Gasteiger partial charge on any atom is 0.306 e. The Labute approximate surface area is 564 Å². The van der Waals surface area contributed by atoms with Gasteiger partial charge in [0.05, 0.1) is 25.4 Å². The molecule has 92 heavy (non-hydrogen) atoms. The molecule has 0 bridgehead atoms. The third kappa shape index (κ3) is 53.6. The van der Waals surface area contributed by atoms with Gasteiger partial charge in [-0.15, -0.1) is 0 Å². The summed E-state index contributed by atoms with van der Waals surface area (Å²) in [6.07, 6.45) is 82.7. The summed E-state index contributed by atoms with van der Waals surface area (Å²) in [5, 5.41) is 57.4. The molecule has 0 saturated carbocycles. The van der Waals surface area contributed by atoms with Crippen molar-refractivity contribution in [3.05, 3.63) is 109 Å². The van der Waals surface area contributed by atoms with Crippen LogP contribution in [0.1, 0.15) is 329 Å². The molecule has 8 atom stereocenters. The van der Waals surface area contributed by atoms with Gasteiger partial charge in [0.1, 0.15) is 24.4 Å². The Balaban J connectivity index is 2.53. The van der Waals surface area contributed by atoms with Crippen molar-refractivity contribution in [2.75, 3.05) is 13.2 Å². The molecule has 1 heterocycles. The van der Waals surface area contributed by atoms with Gasteiger partial charge < -0.3 is 45.1 Å². The number of hydrogen-bond acceptors (Lipinski definition) is 10. The summed E-state index contributed by atoms with van der Waals surface area (Å²) in [5.74, 6) is -1.20. The fourth-order valence-electron chi connectivity index (χ4n) is 11.5. The number of rotatable bonds is 65. The number of ether oxygens (including phenoxy) is 3. The summed E-state index contributed by atoms with van der Waals surface area (Å²) in [7, 11) is 0. The number of unbranched alkanes of at least 4 members (excludes halogenated alkanes) is 35. The van der Waals surface area contributed by atoms with Crippen LogP contribution >= 0.6 is 0 Å². The molecule has 1 rings (SSSR count). The molecule has 1 aliphatic rings. The van der Waals surface area contributed by atoms with Crippen molar-refractivity contribution in [1.82, 2.24) is 5.32 Å². The van der Waals surface area contributed by atoms with Crippen LogP contribution in [0, 0.1) is 0 Å². The van der Waals surface area contributed by atoms with Gasteiger partial charge in [0.2, 0.25) is 5.91 Å². The van der Waals surface area contributed by atoms with E-state index in [0.717, 1.165) is 116 Å². The molecule has 1 saturated heterocycles. The third-order valence-corrected chi connectivity index (χ3v) is 17.4. The summed E-state index contributed by atoms with van der Waals surface area (Å²) in [6, 6.07) is -1.03. The van der Waals surface area contributed by atoms with Crippen molar-refractivity contribution >= 4 is 11.9 Å². The number of aliphatic hydroxyl groups excluding tert-OH is 5. The molecule has 0 aromatic heterocycles. The summed E-state index contributed by atoms with van der Waals surface area (Å²) >= 11 is 0. The fourth-order valence-corrected chi connectivity index (χ4v) is 11.5. The minimum Gasteiger partial charge on any atom is -0.454 e. The van der Waals surface area contributed by atoms with Crippen LogP contribution in [-0.2, 0) is 23.8 Å². The van der Waals surface area contributed by atoms with E-state index in [-0.39, 0.29) is 19.4 Å². The van der Waals surface area contributed by atoms with Crippen molar-refractivity contribution in [2.24, 2.45) is 0 Å². The number of allylic oxidation sites excluding steroid dienone is 17. The van der Waals surface area contributed by atoms with Crippen LogP contribution in [0.2, 0.25) is 0 Å². The highest BCUT2D eigenvalue weighted by molar-refractivity contribution is 5.80. The molecule has 1 amide bonds. The first-order chi connectivity index (χ1) is 45.2. The van der Waals surface area contributed by atoms with Crippen LogP contribution < -0.4 is 5.32 Å². The maximum atomic E-state index is 13.5. The second-order valence-corrected chi connectivity index (χ2v) is 26.0. The molecular formula is C81H141NO10. The molecule has 0 aromatic rings. The van der Waals surface area contributed by atoms with E-state index in [9.17, 15) is 35.1 Å². The second kappa shape index (κ2) is 67.3. The Morgan fingerprint density at radius 3 is 1.20 bits per heavy atom. The molecule has 11 nitrogen and oxygen atoms in total. The fraction of sp³-hybridized carbons (Fsp3) is 0.753. The first-order valence-corrected chi connectivity index (χ1v) is 38.2. The van der Waals surface area contributed by atoms with Gasteiger partial charge in [-0.3, -0.25) is 9.59 Å². The van der Waals surface area contributed by atoms with Gasteiger partial charge >= 0.3 is 5.97 Å². The Kier molecular flexibility index (Phi) is 63.2. The lowest BCUT2D eigenvalue weighted by atomic mass is 9.99. The molecule has 530 valence electrons. The van der Waals surface area contributed by atoms with Crippen LogP contribution in [0.4, 0.5) is 0 Å². The second-order valence-electron chi connectivity index (χ2n) is 26.0. The lowest BCUT2D eigenvalue weighted by molar-refractivity contribution is -0.305. The van der Waals surface area contributed by atoms with E-state index in [1.807, 2.05) is 6.08 Å². The van der Waals surface area contributed by atoms with Gasteiger partial charge in [-0.1, -0.05) is 323 Å². The molecular weight excluding hydrogens is 1150 g/mol. The van der Waals surface area contributed by atoms with E-state index in [2.05, 4.69) is 123 Å². The van der Waals surface area contributed by atoms with Gasteiger partial charge in [0.25, 0.3) is 0 Å². The van der Waals surface area contributed by atoms with Gasteiger partial charge in [-0.2, -0.15) is 0 Å². The Morgan fingerprint density at radius 2 is 0.783 bits per heavy atom. The number of esters is 1. The highest BCUT2D eigenvalue weighted by atomic mass is 16.7. The van der Waals surface area contributed by atoms with Gasteiger partial charge in [0, 0.05) is 6.42 Å². The minimum atomic E-state index is -1.62. The highest BCUT2D eigenvalue weighted by Crippen LogP contribution is 2.26. The summed E-state index contributed by atoms with van der Waals surface area (Å²) in [5.41, 5.74) is 0. The molecule has 11 heteroatoms. The molecule has 1 aliphatic heterocycles. The number of aliphatic hydroxyl groups is 5.